The molecule has 0 radical (unpaired) electrons. The van der Waals surface area contributed by atoms with Gasteiger partial charge in [-0.15, -0.1) is 0 Å². The van der Waals surface area contributed by atoms with Crippen LogP contribution in [0.1, 0.15) is 31.8 Å². The van der Waals surface area contributed by atoms with Gasteiger partial charge in [0.25, 0.3) is 0 Å². The highest BCUT2D eigenvalue weighted by molar-refractivity contribution is 5.95. The summed E-state index contributed by atoms with van der Waals surface area (Å²) < 4.78 is 79.1. The molecule has 0 unspecified atom stereocenters. The van der Waals surface area contributed by atoms with Crippen LogP contribution in [0.3, 0.4) is 0 Å². The molecule has 0 aromatic heterocycles. The second kappa shape index (κ2) is 6.36. The van der Waals surface area contributed by atoms with Crippen molar-refractivity contribution in [1.29, 1.82) is 0 Å². The second-order valence-corrected chi connectivity index (χ2v) is 5.09. The fraction of sp³-hybridized carbons (Fsp3) is 0.125. The van der Waals surface area contributed by atoms with E-state index in [0.29, 0.717) is 6.07 Å². The van der Waals surface area contributed by atoms with Gasteiger partial charge in [0.05, 0.1) is 22.3 Å². The molecule has 10 heteroatoms. The highest BCUT2D eigenvalue weighted by atomic mass is 19.4. The van der Waals surface area contributed by atoms with Gasteiger partial charge in [-0.1, -0.05) is 18.2 Å². The minimum atomic E-state index is -5.39. The number of benzene rings is 2. The summed E-state index contributed by atoms with van der Waals surface area (Å²) in [6, 6.07) is 4.57. The lowest BCUT2D eigenvalue weighted by atomic mass is 9.90. The van der Waals surface area contributed by atoms with Crippen LogP contribution in [-0.4, -0.2) is 22.2 Å². The van der Waals surface area contributed by atoms with Crippen LogP contribution in [0.5, 0.6) is 0 Å². The standard InChI is InChI=1S/C16H8F6O4/c17-15(18,19)10-6-5-9(7-1-3-8(4-2-7)13(23)24)12(16(20,21)22)11(10)14(25)26/h1-6H,(H,23,24)(H,25,26). The van der Waals surface area contributed by atoms with Crippen LogP contribution in [0, 0.1) is 0 Å². The van der Waals surface area contributed by atoms with E-state index in [4.69, 9.17) is 10.2 Å². The molecule has 0 fully saturated rings. The number of alkyl halides is 6. The minimum Gasteiger partial charge on any atom is -0.478 e. The van der Waals surface area contributed by atoms with E-state index in [2.05, 4.69) is 0 Å². The highest BCUT2D eigenvalue weighted by Gasteiger charge is 2.45. The first kappa shape index (κ1) is 19.3. The molecule has 0 saturated carbocycles. The Bertz CT molecular complexity index is 866. The summed E-state index contributed by atoms with van der Waals surface area (Å²) in [5.74, 6) is -3.74. The molecule has 0 atom stereocenters. The molecule has 0 bridgehead atoms. The summed E-state index contributed by atoms with van der Waals surface area (Å²) >= 11 is 0. The quantitative estimate of drug-likeness (QED) is 0.754. The highest BCUT2D eigenvalue weighted by Crippen LogP contribution is 2.44. The van der Waals surface area contributed by atoms with E-state index in [1.807, 2.05) is 0 Å². The molecule has 2 rings (SSSR count). The van der Waals surface area contributed by atoms with Crippen molar-refractivity contribution in [3.8, 4) is 11.1 Å². The molecule has 26 heavy (non-hydrogen) atoms. The summed E-state index contributed by atoms with van der Waals surface area (Å²) in [6.07, 6.45) is -10.7. The summed E-state index contributed by atoms with van der Waals surface area (Å²) in [4.78, 5) is 22.0. The zero-order valence-electron chi connectivity index (χ0n) is 12.4. The topological polar surface area (TPSA) is 74.6 Å². The average molecular weight is 378 g/mol. The van der Waals surface area contributed by atoms with Crippen LogP contribution in [0.4, 0.5) is 26.3 Å². The van der Waals surface area contributed by atoms with Crippen molar-refractivity contribution in [2.45, 2.75) is 12.4 Å². The first-order valence-electron chi connectivity index (χ1n) is 6.72. The van der Waals surface area contributed by atoms with E-state index >= 15 is 0 Å². The molecule has 0 spiro atoms. The van der Waals surface area contributed by atoms with Crippen molar-refractivity contribution < 1.29 is 46.1 Å². The Morgan fingerprint density at radius 3 is 1.65 bits per heavy atom. The van der Waals surface area contributed by atoms with Crippen LogP contribution in [0.25, 0.3) is 11.1 Å². The molecule has 138 valence electrons. The Labute approximate surface area is 141 Å². The van der Waals surface area contributed by atoms with E-state index in [9.17, 15) is 35.9 Å². The molecule has 0 heterocycles. The van der Waals surface area contributed by atoms with Gasteiger partial charge in [-0.25, -0.2) is 9.59 Å². The van der Waals surface area contributed by atoms with Gasteiger partial charge in [0, 0.05) is 0 Å². The normalized spacial score (nSPS) is 12.1. The Morgan fingerprint density at radius 1 is 0.731 bits per heavy atom. The Balaban J connectivity index is 2.84. The fourth-order valence-electron chi connectivity index (χ4n) is 2.39. The molecular formula is C16H8F6O4. The smallest absolute Gasteiger partial charge is 0.417 e. The maximum atomic E-state index is 13.4. The molecule has 0 aliphatic carbocycles. The van der Waals surface area contributed by atoms with Gasteiger partial charge >= 0.3 is 24.3 Å². The van der Waals surface area contributed by atoms with Crippen LogP contribution in [0.15, 0.2) is 36.4 Å². The van der Waals surface area contributed by atoms with Crippen molar-refractivity contribution in [3.05, 3.63) is 58.7 Å². The zero-order chi connectivity index (χ0) is 19.9. The minimum absolute atomic E-state index is 0.249. The van der Waals surface area contributed by atoms with Crippen LogP contribution in [0.2, 0.25) is 0 Å². The molecular weight excluding hydrogens is 370 g/mol. The van der Waals surface area contributed by atoms with Crippen molar-refractivity contribution in [2.24, 2.45) is 0 Å². The Morgan fingerprint density at radius 2 is 1.27 bits per heavy atom. The van der Waals surface area contributed by atoms with Crippen LogP contribution in [-0.2, 0) is 12.4 Å². The number of carboxylic acid groups (broad SMARTS) is 2. The van der Waals surface area contributed by atoms with Gasteiger partial charge in [0.15, 0.2) is 0 Å². The number of halogens is 6. The van der Waals surface area contributed by atoms with E-state index < -0.39 is 46.5 Å². The van der Waals surface area contributed by atoms with Gasteiger partial charge in [0.1, 0.15) is 0 Å². The van der Waals surface area contributed by atoms with Crippen LogP contribution >= 0.6 is 0 Å². The Kier molecular flexibility index (Phi) is 4.71. The number of aromatic carboxylic acids is 2. The lowest BCUT2D eigenvalue weighted by Crippen LogP contribution is -2.21. The van der Waals surface area contributed by atoms with Crippen LogP contribution < -0.4 is 0 Å². The maximum Gasteiger partial charge on any atom is 0.417 e. The summed E-state index contributed by atoms with van der Waals surface area (Å²) in [6.45, 7) is 0. The number of hydrogen-bond donors (Lipinski definition) is 2. The second-order valence-electron chi connectivity index (χ2n) is 5.09. The molecule has 2 aromatic carbocycles. The molecule has 0 amide bonds. The largest absolute Gasteiger partial charge is 0.478 e. The predicted octanol–water partition coefficient (Wildman–Crippen LogP) is 4.79. The SMILES string of the molecule is O=C(O)c1ccc(-c2ccc(C(F)(F)F)c(C(=O)O)c2C(F)(F)F)cc1. The molecule has 2 N–H and O–H groups in total. The van der Waals surface area contributed by atoms with E-state index in [1.54, 1.807) is 0 Å². The number of carbonyl (C=O) groups is 2. The first-order chi connectivity index (χ1) is 11.8. The molecule has 2 aromatic rings. The van der Waals surface area contributed by atoms with Gasteiger partial charge in [-0.3, -0.25) is 0 Å². The van der Waals surface area contributed by atoms with Gasteiger partial charge in [0.2, 0.25) is 0 Å². The summed E-state index contributed by atoms with van der Waals surface area (Å²) in [5, 5.41) is 17.8. The van der Waals surface area contributed by atoms with E-state index in [-0.39, 0.29) is 17.2 Å². The van der Waals surface area contributed by atoms with Gasteiger partial charge < -0.3 is 10.2 Å². The van der Waals surface area contributed by atoms with E-state index in [0.717, 1.165) is 24.3 Å². The van der Waals surface area contributed by atoms with E-state index in [1.165, 1.54) is 0 Å². The monoisotopic (exact) mass is 378 g/mol. The van der Waals surface area contributed by atoms with Gasteiger partial charge in [-0.05, 0) is 29.3 Å². The van der Waals surface area contributed by atoms with Crippen molar-refractivity contribution in [2.75, 3.05) is 0 Å². The fourth-order valence-corrected chi connectivity index (χ4v) is 2.39. The third kappa shape index (κ3) is 3.63. The lowest BCUT2D eigenvalue weighted by molar-refractivity contribution is -0.143. The third-order valence-electron chi connectivity index (χ3n) is 3.45. The molecule has 0 aliphatic heterocycles. The average Bonchev–Trinajstić information content (AvgIpc) is 2.51. The Hall–Kier alpha value is -3.04. The number of carboxylic acids is 2. The van der Waals surface area contributed by atoms with Gasteiger partial charge in [-0.2, -0.15) is 26.3 Å². The van der Waals surface area contributed by atoms with Crippen molar-refractivity contribution in [1.82, 2.24) is 0 Å². The van der Waals surface area contributed by atoms with Crippen molar-refractivity contribution in [3.63, 3.8) is 0 Å². The predicted molar refractivity (Wildman–Crippen MR) is 75.8 cm³/mol. The molecule has 0 aliphatic rings. The maximum absolute atomic E-state index is 13.4. The summed E-state index contributed by atoms with van der Waals surface area (Å²) in [7, 11) is 0. The number of rotatable bonds is 3. The first-order valence-corrected chi connectivity index (χ1v) is 6.72. The van der Waals surface area contributed by atoms with Crippen molar-refractivity contribution >= 4 is 11.9 Å². The molecule has 4 nitrogen and oxygen atoms in total. The lowest BCUT2D eigenvalue weighted by Gasteiger charge is -2.20. The molecule has 0 saturated heterocycles. The summed E-state index contributed by atoms with van der Waals surface area (Å²) in [5.41, 5.74) is -7.14. The third-order valence-corrected chi connectivity index (χ3v) is 3.45. The zero-order valence-corrected chi connectivity index (χ0v) is 12.4. The number of hydrogen-bond acceptors (Lipinski definition) is 2.